The van der Waals surface area contributed by atoms with E-state index >= 15 is 0 Å². The van der Waals surface area contributed by atoms with Gasteiger partial charge in [-0.3, -0.25) is 0 Å². The normalized spacial score (nSPS) is 19.2. The van der Waals surface area contributed by atoms with Crippen molar-refractivity contribution in [2.24, 2.45) is 0 Å². The van der Waals surface area contributed by atoms with Crippen LogP contribution in [0.25, 0.3) is 0 Å². The highest BCUT2D eigenvalue weighted by Gasteiger charge is 2.32. The van der Waals surface area contributed by atoms with E-state index in [9.17, 15) is 4.39 Å². The Morgan fingerprint density at radius 2 is 1.73 bits per heavy atom. The maximum absolute atomic E-state index is 14.5. The third-order valence-electron chi connectivity index (χ3n) is 6.41. The number of halogens is 1. The molecule has 2 heterocycles. The Hall–Kier alpha value is -2.76. The summed E-state index contributed by atoms with van der Waals surface area (Å²) in [6, 6.07) is 9.36. The van der Waals surface area contributed by atoms with Crippen LogP contribution < -0.4 is 5.32 Å². The molecule has 33 heavy (non-hydrogen) atoms. The average molecular weight is 450 g/mol. The SMILES string of the molecule is Cc1ccc(Nc2cc(C3CCC(c4nccc(C(C)(C)C)n4)C3)nn2C(C)(C)C)c(F)c1. The highest BCUT2D eigenvalue weighted by molar-refractivity contribution is 5.58. The minimum atomic E-state index is -0.255. The van der Waals surface area contributed by atoms with Gasteiger partial charge >= 0.3 is 0 Å². The van der Waals surface area contributed by atoms with Crippen molar-refractivity contribution in [1.29, 1.82) is 0 Å². The summed E-state index contributed by atoms with van der Waals surface area (Å²) in [6.45, 7) is 14.8. The number of rotatable bonds is 4. The average Bonchev–Trinajstić information content (AvgIpc) is 3.37. The van der Waals surface area contributed by atoms with E-state index in [1.165, 1.54) is 0 Å². The standard InChI is InChI=1S/C27H36FN5/c1-17-8-11-21(20(28)14-17)30-24-16-22(32-33(24)27(5,6)7)18-9-10-19(15-18)25-29-13-12-23(31-25)26(2,3)4/h8,11-14,16,18-19,30H,9-10,15H2,1-7H3. The van der Waals surface area contributed by atoms with E-state index in [-0.39, 0.29) is 16.8 Å². The first kappa shape index (κ1) is 23.4. The Kier molecular flexibility index (Phi) is 6.06. The molecule has 0 aliphatic heterocycles. The van der Waals surface area contributed by atoms with E-state index in [1.807, 2.05) is 29.9 Å². The lowest BCUT2D eigenvalue weighted by atomic mass is 9.91. The molecular weight excluding hydrogens is 413 g/mol. The molecular formula is C27H36FN5. The van der Waals surface area contributed by atoms with Gasteiger partial charge in [0.1, 0.15) is 17.5 Å². The number of hydrogen-bond donors (Lipinski definition) is 1. The van der Waals surface area contributed by atoms with Gasteiger partial charge in [0, 0.05) is 35.2 Å². The summed E-state index contributed by atoms with van der Waals surface area (Å²) in [5.74, 6) is 2.18. The van der Waals surface area contributed by atoms with Gasteiger partial charge in [-0.05, 0) is 70.7 Å². The van der Waals surface area contributed by atoms with Gasteiger partial charge in [-0.15, -0.1) is 0 Å². The Morgan fingerprint density at radius 1 is 1.00 bits per heavy atom. The van der Waals surface area contributed by atoms with Gasteiger partial charge in [-0.1, -0.05) is 26.8 Å². The summed E-state index contributed by atoms with van der Waals surface area (Å²) in [6.07, 6.45) is 4.97. The summed E-state index contributed by atoms with van der Waals surface area (Å²) in [7, 11) is 0. The van der Waals surface area contributed by atoms with Crippen molar-refractivity contribution in [3.05, 3.63) is 65.1 Å². The fourth-order valence-electron chi connectivity index (χ4n) is 4.53. The smallest absolute Gasteiger partial charge is 0.146 e. The van der Waals surface area contributed by atoms with E-state index in [1.54, 1.807) is 12.1 Å². The van der Waals surface area contributed by atoms with Crippen LogP contribution >= 0.6 is 0 Å². The van der Waals surface area contributed by atoms with Gasteiger partial charge in [0.25, 0.3) is 0 Å². The fraction of sp³-hybridized carbons (Fsp3) is 0.519. The van der Waals surface area contributed by atoms with Crippen LogP contribution in [0.4, 0.5) is 15.9 Å². The number of anilines is 2. The predicted octanol–water partition coefficient (Wildman–Crippen LogP) is 6.97. The van der Waals surface area contributed by atoms with Gasteiger partial charge in [0.2, 0.25) is 0 Å². The van der Waals surface area contributed by atoms with Crippen LogP contribution in [0, 0.1) is 12.7 Å². The Balaban J connectivity index is 1.59. The lowest BCUT2D eigenvalue weighted by molar-refractivity contribution is 0.356. The molecule has 1 N–H and O–H groups in total. The van der Waals surface area contributed by atoms with Crippen molar-refractivity contribution >= 4 is 11.5 Å². The third kappa shape index (κ3) is 5.10. The van der Waals surface area contributed by atoms with Crippen LogP contribution in [-0.4, -0.2) is 19.7 Å². The van der Waals surface area contributed by atoms with Gasteiger partial charge in [0.05, 0.1) is 16.9 Å². The molecule has 4 rings (SSSR count). The number of aromatic nitrogens is 4. The second kappa shape index (κ2) is 8.54. The summed E-state index contributed by atoms with van der Waals surface area (Å²) >= 11 is 0. The molecule has 0 spiro atoms. The maximum Gasteiger partial charge on any atom is 0.146 e. The predicted molar refractivity (Wildman–Crippen MR) is 132 cm³/mol. The molecule has 6 heteroatoms. The van der Waals surface area contributed by atoms with E-state index in [0.717, 1.165) is 47.9 Å². The van der Waals surface area contributed by atoms with Crippen LogP contribution in [0.15, 0.2) is 36.5 Å². The number of nitrogens with zero attached hydrogens (tertiary/aromatic N) is 4. The molecule has 0 radical (unpaired) electrons. The number of benzene rings is 1. The Bertz CT molecular complexity index is 1140. The molecule has 1 aromatic carbocycles. The van der Waals surface area contributed by atoms with Crippen molar-refractivity contribution in [2.45, 2.75) is 90.5 Å². The zero-order valence-electron chi connectivity index (χ0n) is 20.9. The molecule has 176 valence electrons. The first-order valence-electron chi connectivity index (χ1n) is 11.9. The largest absolute Gasteiger partial charge is 0.338 e. The first-order valence-corrected chi connectivity index (χ1v) is 11.9. The zero-order valence-corrected chi connectivity index (χ0v) is 20.9. The van der Waals surface area contributed by atoms with E-state index in [4.69, 9.17) is 10.1 Å². The molecule has 1 aliphatic rings. The molecule has 5 nitrogen and oxygen atoms in total. The van der Waals surface area contributed by atoms with E-state index < -0.39 is 0 Å². The second-order valence-corrected chi connectivity index (χ2v) is 11.4. The molecule has 2 atom stereocenters. The highest BCUT2D eigenvalue weighted by Crippen LogP contribution is 2.43. The zero-order chi connectivity index (χ0) is 24.0. The van der Waals surface area contributed by atoms with Crippen molar-refractivity contribution in [3.8, 4) is 0 Å². The van der Waals surface area contributed by atoms with Crippen LogP contribution in [0.2, 0.25) is 0 Å². The van der Waals surface area contributed by atoms with Crippen LogP contribution in [-0.2, 0) is 11.0 Å². The van der Waals surface area contributed by atoms with Crippen LogP contribution in [0.1, 0.15) is 95.4 Å². The van der Waals surface area contributed by atoms with Crippen molar-refractivity contribution in [3.63, 3.8) is 0 Å². The minimum absolute atomic E-state index is 0.00695. The van der Waals surface area contributed by atoms with Crippen molar-refractivity contribution in [1.82, 2.24) is 19.7 Å². The third-order valence-corrected chi connectivity index (χ3v) is 6.41. The van der Waals surface area contributed by atoms with Crippen molar-refractivity contribution < 1.29 is 4.39 Å². The monoisotopic (exact) mass is 449 g/mol. The lowest BCUT2D eigenvalue weighted by Crippen LogP contribution is -2.25. The molecule has 0 amide bonds. The van der Waals surface area contributed by atoms with E-state index in [2.05, 4.69) is 57.9 Å². The summed E-state index contributed by atoms with van der Waals surface area (Å²) in [5.41, 5.74) is 3.28. The summed E-state index contributed by atoms with van der Waals surface area (Å²) < 4.78 is 16.5. The molecule has 1 aliphatic carbocycles. The minimum Gasteiger partial charge on any atom is -0.338 e. The van der Waals surface area contributed by atoms with Crippen LogP contribution in [0.5, 0.6) is 0 Å². The van der Waals surface area contributed by atoms with E-state index in [0.29, 0.717) is 17.5 Å². The van der Waals surface area contributed by atoms with Gasteiger partial charge < -0.3 is 5.32 Å². The first-order chi connectivity index (χ1) is 15.4. The number of nitrogens with one attached hydrogen (secondary N) is 1. The second-order valence-electron chi connectivity index (χ2n) is 11.4. The molecule has 0 bridgehead atoms. The maximum atomic E-state index is 14.5. The Labute approximate surface area is 196 Å². The quantitative estimate of drug-likeness (QED) is 0.467. The molecule has 2 aromatic heterocycles. The molecule has 2 unspecified atom stereocenters. The van der Waals surface area contributed by atoms with Gasteiger partial charge in [-0.2, -0.15) is 5.10 Å². The molecule has 0 saturated heterocycles. The Morgan fingerprint density at radius 3 is 2.39 bits per heavy atom. The van der Waals surface area contributed by atoms with Gasteiger partial charge in [0.15, 0.2) is 0 Å². The van der Waals surface area contributed by atoms with Crippen LogP contribution in [0.3, 0.4) is 0 Å². The van der Waals surface area contributed by atoms with Crippen molar-refractivity contribution in [2.75, 3.05) is 5.32 Å². The number of aryl methyl sites for hydroxylation is 1. The number of hydrogen-bond acceptors (Lipinski definition) is 4. The molecule has 3 aromatic rings. The topological polar surface area (TPSA) is 55.6 Å². The fourth-order valence-corrected chi connectivity index (χ4v) is 4.53. The summed E-state index contributed by atoms with van der Waals surface area (Å²) in [5, 5.41) is 8.27. The van der Waals surface area contributed by atoms with Gasteiger partial charge in [-0.25, -0.2) is 19.0 Å². The molecule has 1 saturated carbocycles. The summed E-state index contributed by atoms with van der Waals surface area (Å²) in [4.78, 5) is 9.50. The lowest BCUT2D eigenvalue weighted by Gasteiger charge is -2.23. The molecule has 1 fully saturated rings. The highest BCUT2D eigenvalue weighted by atomic mass is 19.1.